The van der Waals surface area contributed by atoms with Crippen molar-refractivity contribution in [1.82, 2.24) is 0 Å². The van der Waals surface area contributed by atoms with Crippen molar-refractivity contribution in [3.8, 4) is 0 Å². The SMILES string of the molecule is COC(=O)C1(C(=O)OC)C/C(=C(/C)[Si](C)(C)C)C2(CCCCC2)C1. The highest BCUT2D eigenvalue weighted by Gasteiger charge is 2.61. The molecule has 0 radical (unpaired) electrons. The van der Waals surface area contributed by atoms with E-state index in [9.17, 15) is 9.59 Å². The van der Waals surface area contributed by atoms with Crippen molar-refractivity contribution >= 4 is 20.0 Å². The predicted octanol–water partition coefficient (Wildman–Crippen LogP) is 4.26. The highest BCUT2D eigenvalue weighted by molar-refractivity contribution is 6.83. The predicted molar refractivity (Wildman–Crippen MR) is 97.3 cm³/mol. The minimum Gasteiger partial charge on any atom is -0.468 e. The Hall–Kier alpha value is -1.10. The van der Waals surface area contributed by atoms with Gasteiger partial charge in [0.2, 0.25) is 0 Å². The summed E-state index contributed by atoms with van der Waals surface area (Å²) in [6, 6.07) is 0. The molecular weight excluding hydrogens is 320 g/mol. The summed E-state index contributed by atoms with van der Waals surface area (Å²) in [4.78, 5) is 25.3. The zero-order valence-electron chi connectivity index (χ0n) is 16.1. The lowest BCUT2D eigenvalue weighted by Crippen LogP contribution is -2.40. The van der Waals surface area contributed by atoms with Crippen LogP contribution < -0.4 is 0 Å². The summed E-state index contributed by atoms with van der Waals surface area (Å²) < 4.78 is 10.1. The molecule has 0 saturated heterocycles. The van der Waals surface area contributed by atoms with Crippen LogP contribution in [0.1, 0.15) is 51.9 Å². The van der Waals surface area contributed by atoms with Gasteiger partial charge in [0.15, 0.2) is 5.41 Å². The Balaban J connectivity index is 2.61. The van der Waals surface area contributed by atoms with E-state index in [0.717, 1.165) is 12.8 Å². The number of methoxy groups -OCH3 is 2. The second-order valence-electron chi connectivity index (χ2n) is 8.61. The van der Waals surface area contributed by atoms with E-state index < -0.39 is 25.4 Å². The van der Waals surface area contributed by atoms with Crippen LogP contribution in [0.5, 0.6) is 0 Å². The number of rotatable bonds is 3. The molecule has 2 aliphatic carbocycles. The van der Waals surface area contributed by atoms with E-state index in [1.54, 1.807) is 0 Å². The van der Waals surface area contributed by atoms with Crippen molar-refractivity contribution in [2.24, 2.45) is 10.8 Å². The molecule has 4 nitrogen and oxygen atoms in total. The zero-order valence-corrected chi connectivity index (χ0v) is 17.1. The number of allylic oxidation sites excluding steroid dienone is 2. The van der Waals surface area contributed by atoms with Gasteiger partial charge in [0.05, 0.1) is 22.3 Å². The quantitative estimate of drug-likeness (QED) is 0.433. The molecule has 2 saturated carbocycles. The monoisotopic (exact) mass is 352 g/mol. The van der Waals surface area contributed by atoms with Crippen LogP contribution in [-0.4, -0.2) is 34.2 Å². The highest BCUT2D eigenvalue weighted by atomic mass is 28.3. The molecule has 2 aliphatic rings. The first-order valence-electron chi connectivity index (χ1n) is 9.00. The van der Waals surface area contributed by atoms with Gasteiger partial charge in [0.25, 0.3) is 0 Å². The smallest absolute Gasteiger partial charge is 0.323 e. The zero-order chi connectivity index (χ0) is 18.2. The Kier molecular flexibility index (Phi) is 5.33. The summed E-state index contributed by atoms with van der Waals surface area (Å²) in [7, 11) is 1.22. The largest absolute Gasteiger partial charge is 0.468 e. The number of esters is 2. The molecule has 2 rings (SSSR count). The average molecular weight is 353 g/mol. The molecule has 136 valence electrons. The summed E-state index contributed by atoms with van der Waals surface area (Å²) in [5, 5.41) is 1.44. The van der Waals surface area contributed by atoms with Crippen molar-refractivity contribution in [2.45, 2.75) is 71.5 Å². The molecule has 0 atom stereocenters. The molecule has 0 aromatic rings. The van der Waals surface area contributed by atoms with E-state index in [4.69, 9.17) is 9.47 Å². The number of hydrogen-bond acceptors (Lipinski definition) is 4. The van der Waals surface area contributed by atoms with Gasteiger partial charge >= 0.3 is 11.9 Å². The van der Waals surface area contributed by atoms with Crippen molar-refractivity contribution in [1.29, 1.82) is 0 Å². The second kappa shape index (κ2) is 6.66. The first-order valence-corrected chi connectivity index (χ1v) is 12.5. The van der Waals surface area contributed by atoms with Crippen LogP contribution in [0.2, 0.25) is 19.6 Å². The number of ether oxygens (including phenoxy) is 2. The average Bonchev–Trinajstić information content (AvgIpc) is 2.88. The Labute approximate surface area is 147 Å². The van der Waals surface area contributed by atoms with E-state index in [-0.39, 0.29) is 5.41 Å². The molecule has 0 unspecified atom stereocenters. The van der Waals surface area contributed by atoms with Crippen molar-refractivity contribution in [3.05, 3.63) is 10.8 Å². The second-order valence-corrected chi connectivity index (χ2v) is 13.9. The summed E-state index contributed by atoms with van der Waals surface area (Å²) >= 11 is 0. The summed E-state index contributed by atoms with van der Waals surface area (Å²) in [6.45, 7) is 9.23. The summed E-state index contributed by atoms with van der Waals surface area (Å²) in [5.74, 6) is -0.865. The molecule has 24 heavy (non-hydrogen) atoms. The van der Waals surface area contributed by atoms with Crippen LogP contribution in [-0.2, 0) is 19.1 Å². The molecule has 2 fully saturated rings. The topological polar surface area (TPSA) is 52.6 Å². The van der Waals surface area contributed by atoms with Gasteiger partial charge < -0.3 is 9.47 Å². The van der Waals surface area contributed by atoms with Gasteiger partial charge in [-0.3, -0.25) is 9.59 Å². The molecule has 5 heteroatoms. The first-order chi connectivity index (χ1) is 11.1. The van der Waals surface area contributed by atoms with E-state index in [1.807, 2.05) is 0 Å². The lowest BCUT2D eigenvalue weighted by atomic mass is 9.68. The van der Waals surface area contributed by atoms with Gasteiger partial charge in [0.1, 0.15) is 0 Å². The Morgan fingerprint density at radius 1 is 0.958 bits per heavy atom. The van der Waals surface area contributed by atoms with Gasteiger partial charge in [-0.25, -0.2) is 0 Å². The molecule has 0 amide bonds. The molecule has 0 bridgehead atoms. The molecule has 0 heterocycles. The fraction of sp³-hybridized carbons (Fsp3) is 0.789. The lowest BCUT2D eigenvalue weighted by molar-refractivity contribution is -0.169. The third-order valence-corrected chi connectivity index (χ3v) is 8.85. The van der Waals surface area contributed by atoms with Gasteiger partial charge in [0, 0.05) is 0 Å². The molecule has 0 N–H and O–H groups in total. The standard InChI is InChI=1S/C19H32O4Si/c1-14(24(4,5)6)15-12-19(16(20)22-2,17(21)23-3)13-18(15)10-8-7-9-11-18/h7-13H2,1-6H3/b15-14+. The van der Waals surface area contributed by atoms with Gasteiger partial charge in [-0.1, -0.05) is 49.7 Å². The van der Waals surface area contributed by atoms with Gasteiger partial charge in [-0.2, -0.15) is 0 Å². The number of carbonyl (C=O) groups is 2. The van der Waals surface area contributed by atoms with Gasteiger partial charge in [-0.05, 0) is 38.0 Å². The van der Waals surface area contributed by atoms with E-state index in [1.165, 1.54) is 44.3 Å². The maximum Gasteiger partial charge on any atom is 0.323 e. The minimum atomic E-state index is -1.51. The third-order valence-electron chi connectivity index (χ3n) is 6.30. The molecule has 0 aromatic carbocycles. The molecule has 0 aromatic heterocycles. The van der Waals surface area contributed by atoms with Crippen molar-refractivity contribution in [2.75, 3.05) is 14.2 Å². The van der Waals surface area contributed by atoms with Crippen LogP contribution in [0.3, 0.4) is 0 Å². The van der Waals surface area contributed by atoms with Gasteiger partial charge in [-0.15, -0.1) is 0 Å². The fourth-order valence-corrected chi connectivity index (χ4v) is 5.95. The van der Waals surface area contributed by atoms with Crippen LogP contribution in [0.15, 0.2) is 10.8 Å². The molecular formula is C19H32O4Si. The van der Waals surface area contributed by atoms with Crippen molar-refractivity contribution in [3.63, 3.8) is 0 Å². The van der Waals surface area contributed by atoms with E-state index >= 15 is 0 Å². The third kappa shape index (κ3) is 3.07. The first kappa shape index (κ1) is 19.2. The normalized spacial score (nSPS) is 24.6. The minimum absolute atomic E-state index is 0.0228. The summed E-state index contributed by atoms with van der Waals surface area (Å²) in [6.07, 6.45) is 6.74. The number of carbonyl (C=O) groups excluding carboxylic acids is 2. The fourth-order valence-electron chi connectivity index (χ4n) is 4.69. The van der Waals surface area contributed by atoms with E-state index in [2.05, 4.69) is 26.6 Å². The van der Waals surface area contributed by atoms with Crippen LogP contribution in [0.4, 0.5) is 0 Å². The Morgan fingerprint density at radius 3 is 1.88 bits per heavy atom. The van der Waals surface area contributed by atoms with Crippen molar-refractivity contribution < 1.29 is 19.1 Å². The maximum absolute atomic E-state index is 12.6. The summed E-state index contributed by atoms with van der Waals surface area (Å²) in [5.41, 5.74) is 0.180. The molecule has 0 aliphatic heterocycles. The highest BCUT2D eigenvalue weighted by Crippen LogP contribution is 2.61. The maximum atomic E-state index is 12.6. The van der Waals surface area contributed by atoms with Crippen LogP contribution in [0.25, 0.3) is 0 Å². The lowest BCUT2D eigenvalue weighted by Gasteiger charge is -2.38. The Morgan fingerprint density at radius 2 is 1.46 bits per heavy atom. The number of hydrogen-bond donors (Lipinski definition) is 0. The van der Waals surface area contributed by atoms with Crippen LogP contribution >= 0.6 is 0 Å². The van der Waals surface area contributed by atoms with E-state index in [0.29, 0.717) is 12.8 Å². The molecule has 1 spiro atoms. The Bertz CT molecular complexity index is 534. The van der Waals surface area contributed by atoms with Crippen LogP contribution in [0, 0.1) is 10.8 Å².